The number of ether oxygens (including phenoxy) is 1. The first kappa shape index (κ1) is 25.0. The number of benzene rings is 2. The van der Waals surface area contributed by atoms with Gasteiger partial charge < -0.3 is 14.5 Å². The predicted molar refractivity (Wildman–Crippen MR) is 137 cm³/mol. The van der Waals surface area contributed by atoms with Gasteiger partial charge >= 0.3 is 0 Å². The van der Waals surface area contributed by atoms with Crippen molar-refractivity contribution >= 4 is 28.5 Å². The Balaban J connectivity index is 1.71. The Kier molecular flexibility index (Phi) is 7.99. The van der Waals surface area contributed by atoms with E-state index in [-0.39, 0.29) is 18.4 Å². The number of hydrogen-bond donors (Lipinski definition) is 1. The summed E-state index contributed by atoms with van der Waals surface area (Å²) in [6.45, 7) is 6.99. The Morgan fingerprint density at radius 1 is 1.08 bits per heavy atom. The van der Waals surface area contributed by atoms with Gasteiger partial charge in [-0.25, -0.2) is 4.68 Å². The molecule has 1 N–H and O–H groups in total. The van der Waals surface area contributed by atoms with Crippen molar-refractivity contribution in [3.05, 3.63) is 72.7 Å². The third-order valence-electron chi connectivity index (χ3n) is 5.74. The summed E-state index contributed by atoms with van der Waals surface area (Å²) in [5.41, 5.74) is 1.95. The molecule has 0 radical (unpaired) electrons. The SMILES string of the molecule is CCOc1ccc(N(C(=O)Cn2nnc3ccccc32)[C@H](C(=O)NCCC(C)C)c2ccco2)cc1. The molecule has 0 aliphatic rings. The molecule has 36 heavy (non-hydrogen) atoms. The molecule has 0 saturated heterocycles. The van der Waals surface area contributed by atoms with Crippen LogP contribution in [0.25, 0.3) is 11.0 Å². The Morgan fingerprint density at radius 3 is 2.56 bits per heavy atom. The number of hydrogen-bond acceptors (Lipinski definition) is 6. The van der Waals surface area contributed by atoms with E-state index in [9.17, 15) is 9.59 Å². The van der Waals surface area contributed by atoms with Crippen LogP contribution in [0.2, 0.25) is 0 Å². The lowest BCUT2D eigenvalue weighted by Crippen LogP contribution is -2.45. The number of carbonyl (C=O) groups is 2. The van der Waals surface area contributed by atoms with Crippen LogP contribution in [0.5, 0.6) is 5.75 Å². The smallest absolute Gasteiger partial charge is 0.251 e. The van der Waals surface area contributed by atoms with E-state index in [1.807, 2.05) is 31.2 Å². The second-order valence-corrected chi connectivity index (χ2v) is 8.82. The number of fused-ring (bicyclic) bond motifs is 1. The van der Waals surface area contributed by atoms with Gasteiger partial charge in [-0.15, -0.1) is 5.10 Å². The van der Waals surface area contributed by atoms with Gasteiger partial charge in [0, 0.05) is 12.2 Å². The molecule has 0 saturated carbocycles. The summed E-state index contributed by atoms with van der Waals surface area (Å²) in [6, 6.07) is 16.9. The van der Waals surface area contributed by atoms with Gasteiger partial charge in [-0.3, -0.25) is 14.5 Å². The molecule has 2 aromatic carbocycles. The Hall–Kier alpha value is -4.14. The molecule has 0 aliphatic carbocycles. The molecular weight excluding hydrogens is 458 g/mol. The third kappa shape index (κ3) is 5.73. The number of para-hydroxylation sites is 1. The minimum atomic E-state index is -1.01. The summed E-state index contributed by atoms with van der Waals surface area (Å²) in [4.78, 5) is 28.8. The molecule has 0 unspecified atom stereocenters. The second kappa shape index (κ2) is 11.5. The Bertz CT molecular complexity index is 1280. The monoisotopic (exact) mass is 489 g/mol. The zero-order valence-corrected chi connectivity index (χ0v) is 20.8. The van der Waals surface area contributed by atoms with E-state index in [2.05, 4.69) is 29.5 Å². The molecule has 4 aromatic rings. The number of aromatic nitrogens is 3. The van der Waals surface area contributed by atoms with E-state index < -0.39 is 6.04 Å². The van der Waals surface area contributed by atoms with Gasteiger partial charge in [0.1, 0.15) is 23.6 Å². The zero-order chi connectivity index (χ0) is 25.5. The van der Waals surface area contributed by atoms with E-state index >= 15 is 0 Å². The van der Waals surface area contributed by atoms with Crippen LogP contribution in [-0.4, -0.2) is 40.0 Å². The second-order valence-electron chi connectivity index (χ2n) is 8.82. The molecule has 2 aromatic heterocycles. The summed E-state index contributed by atoms with van der Waals surface area (Å²) in [7, 11) is 0. The van der Waals surface area contributed by atoms with Crippen LogP contribution in [0.1, 0.15) is 39.0 Å². The number of anilines is 1. The lowest BCUT2D eigenvalue weighted by atomic mass is 10.1. The van der Waals surface area contributed by atoms with Crippen LogP contribution >= 0.6 is 0 Å². The fraction of sp³-hybridized carbons (Fsp3) is 0.333. The van der Waals surface area contributed by atoms with Crippen molar-refractivity contribution < 1.29 is 18.7 Å². The van der Waals surface area contributed by atoms with Crippen LogP contribution in [0.3, 0.4) is 0 Å². The normalized spacial score (nSPS) is 12.0. The fourth-order valence-corrected chi connectivity index (χ4v) is 3.95. The van der Waals surface area contributed by atoms with Crippen molar-refractivity contribution in [1.29, 1.82) is 0 Å². The standard InChI is InChI=1S/C27H31N5O4/c1-4-35-21-13-11-20(12-14-21)32(25(33)18-31-23-9-6-5-8-22(23)29-30-31)26(24-10-7-17-36-24)27(34)28-16-15-19(2)3/h5-14,17,19,26H,4,15-16,18H2,1-3H3,(H,28,34)/t26-/m0/s1. The molecule has 4 rings (SSSR count). The molecular formula is C27H31N5O4. The van der Waals surface area contributed by atoms with E-state index in [0.29, 0.717) is 41.8 Å². The van der Waals surface area contributed by atoms with Crippen molar-refractivity contribution in [3.8, 4) is 5.75 Å². The molecule has 2 amide bonds. The van der Waals surface area contributed by atoms with Crippen LogP contribution in [0.15, 0.2) is 71.3 Å². The van der Waals surface area contributed by atoms with Crippen LogP contribution in [0, 0.1) is 5.92 Å². The minimum absolute atomic E-state index is 0.107. The topological polar surface area (TPSA) is 102 Å². The fourth-order valence-electron chi connectivity index (χ4n) is 3.95. The predicted octanol–water partition coefficient (Wildman–Crippen LogP) is 4.36. The third-order valence-corrected chi connectivity index (χ3v) is 5.74. The highest BCUT2D eigenvalue weighted by molar-refractivity contribution is 6.01. The van der Waals surface area contributed by atoms with E-state index in [4.69, 9.17) is 9.15 Å². The molecule has 188 valence electrons. The van der Waals surface area contributed by atoms with Crippen molar-refractivity contribution in [2.45, 2.75) is 39.8 Å². The number of nitrogens with zero attached hydrogens (tertiary/aromatic N) is 4. The van der Waals surface area contributed by atoms with Gasteiger partial charge in [0.25, 0.3) is 5.91 Å². The number of carbonyl (C=O) groups excluding carboxylic acids is 2. The molecule has 1 atom stereocenters. The van der Waals surface area contributed by atoms with Crippen LogP contribution < -0.4 is 15.0 Å². The Labute approximate surface area is 210 Å². The zero-order valence-electron chi connectivity index (χ0n) is 20.8. The summed E-state index contributed by atoms with van der Waals surface area (Å²) in [6.07, 6.45) is 2.31. The maximum absolute atomic E-state index is 13.9. The molecule has 0 bridgehead atoms. The van der Waals surface area contributed by atoms with E-state index in [1.165, 1.54) is 15.8 Å². The molecule has 9 heteroatoms. The van der Waals surface area contributed by atoms with Crippen LogP contribution in [0.4, 0.5) is 5.69 Å². The first-order valence-corrected chi connectivity index (χ1v) is 12.1. The maximum Gasteiger partial charge on any atom is 0.251 e. The van der Waals surface area contributed by atoms with Crippen molar-refractivity contribution in [2.75, 3.05) is 18.1 Å². The minimum Gasteiger partial charge on any atom is -0.494 e. The average molecular weight is 490 g/mol. The van der Waals surface area contributed by atoms with E-state index in [0.717, 1.165) is 11.9 Å². The molecule has 0 spiro atoms. The van der Waals surface area contributed by atoms with Gasteiger partial charge in [-0.05, 0) is 67.8 Å². The number of rotatable bonds is 11. The molecule has 0 aliphatic heterocycles. The quantitative estimate of drug-likeness (QED) is 0.336. The molecule has 0 fully saturated rings. The summed E-state index contributed by atoms with van der Waals surface area (Å²) in [5, 5.41) is 11.3. The highest BCUT2D eigenvalue weighted by Crippen LogP contribution is 2.30. The average Bonchev–Trinajstić information content (AvgIpc) is 3.54. The van der Waals surface area contributed by atoms with Gasteiger partial charge in [0.15, 0.2) is 6.04 Å². The van der Waals surface area contributed by atoms with Gasteiger partial charge in [-0.2, -0.15) is 0 Å². The summed E-state index contributed by atoms with van der Waals surface area (Å²) >= 11 is 0. The van der Waals surface area contributed by atoms with E-state index in [1.54, 1.807) is 36.4 Å². The van der Waals surface area contributed by atoms with Crippen molar-refractivity contribution in [3.63, 3.8) is 0 Å². The highest BCUT2D eigenvalue weighted by Gasteiger charge is 2.35. The summed E-state index contributed by atoms with van der Waals surface area (Å²) in [5.74, 6) is 0.804. The first-order chi connectivity index (χ1) is 17.5. The largest absolute Gasteiger partial charge is 0.494 e. The lowest BCUT2D eigenvalue weighted by Gasteiger charge is -2.30. The summed E-state index contributed by atoms with van der Waals surface area (Å²) < 4.78 is 12.8. The molecule has 9 nitrogen and oxygen atoms in total. The highest BCUT2D eigenvalue weighted by atomic mass is 16.5. The van der Waals surface area contributed by atoms with Gasteiger partial charge in [0.2, 0.25) is 5.91 Å². The lowest BCUT2D eigenvalue weighted by molar-refractivity contribution is -0.127. The first-order valence-electron chi connectivity index (χ1n) is 12.1. The van der Waals surface area contributed by atoms with Crippen molar-refractivity contribution in [2.24, 2.45) is 5.92 Å². The number of nitrogens with one attached hydrogen (secondary N) is 1. The number of amides is 2. The number of furan rings is 1. The van der Waals surface area contributed by atoms with Gasteiger partial charge in [-0.1, -0.05) is 31.2 Å². The van der Waals surface area contributed by atoms with Crippen LogP contribution in [-0.2, 0) is 16.1 Å². The molecule has 2 heterocycles. The van der Waals surface area contributed by atoms with Crippen molar-refractivity contribution in [1.82, 2.24) is 20.3 Å². The Morgan fingerprint density at radius 2 is 1.86 bits per heavy atom. The van der Waals surface area contributed by atoms with Gasteiger partial charge in [0.05, 0.1) is 18.4 Å². The maximum atomic E-state index is 13.9.